The first kappa shape index (κ1) is 26.5. The van der Waals surface area contributed by atoms with Gasteiger partial charge in [-0.3, -0.25) is 13.7 Å². The molecule has 0 bridgehead atoms. The Balaban J connectivity index is 1.19. The van der Waals surface area contributed by atoms with E-state index in [0.29, 0.717) is 16.3 Å². The highest BCUT2D eigenvalue weighted by Gasteiger charge is 2.45. The van der Waals surface area contributed by atoms with Crippen molar-refractivity contribution in [1.29, 1.82) is 0 Å². The molecule has 14 aromatic rings. The summed E-state index contributed by atoms with van der Waals surface area (Å²) in [7, 11) is -6.99. The van der Waals surface area contributed by atoms with Crippen molar-refractivity contribution in [1.82, 2.24) is 14.1 Å². The Morgan fingerprint density at radius 1 is 0.548 bits per heavy atom. The fourth-order valence-corrected chi connectivity index (χ4v) is 16.0. The predicted octanol–water partition coefficient (Wildman–Crippen LogP) is 18.9. The summed E-state index contributed by atoms with van der Waals surface area (Å²) in [6, 6.07) is -2.89. The number of pyridine rings is 1. The van der Waals surface area contributed by atoms with Crippen LogP contribution in [0.1, 0.15) is 160 Å². The number of hydrogen-bond donors (Lipinski definition) is 0. The van der Waals surface area contributed by atoms with E-state index < -0.39 is 312 Å². The van der Waals surface area contributed by atoms with Gasteiger partial charge < -0.3 is 4.74 Å². The van der Waals surface area contributed by atoms with Gasteiger partial charge in [0.05, 0.1) is 65.0 Å². The molecule has 456 valence electrons. The molecule has 0 spiro atoms. The quantitative estimate of drug-likeness (QED) is 0.0529. The lowest BCUT2D eigenvalue weighted by Gasteiger charge is -2.42. The van der Waals surface area contributed by atoms with Crippen molar-refractivity contribution in [2.45, 2.75) is 97.7 Å². The summed E-state index contributed by atoms with van der Waals surface area (Å²) in [6.45, 7) is -24.0. The van der Waals surface area contributed by atoms with Crippen LogP contribution in [0, 0.1) is 26.9 Å². The van der Waals surface area contributed by atoms with Gasteiger partial charge in [-0.2, -0.15) is 0 Å². The number of hydrogen-bond acceptors (Lipinski definition) is 2. The van der Waals surface area contributed by atoms with Crippen LogP contribution in [0.5, 0.6) is 11.5 Å². The summed E-state index contributed by atoms with van der Waals surface area (Å²) in [5.74, 6) is -0.281. The number of benzene rings is 11. The molecule has 0 fully saturated rings. The molecule has 5 nitrogen and oxygen atoms in total. The fraction of sp³-hybridized carbons (Fsp3) is 0.172. The highest BCUT2D eigenvalue weighted by Crippen LogP contribution is 2.48. The first-order valence-corrected chi connectivity index (χ1v) is 30.8. The van der Waals surface area contributed by atoms with Crippen LogP contribution in [0.3, 0.4) is 0 Å². The first-order chi connectivity index (χ1) is 64.7. The van der Waals surface area contributed by atoms with Crippen molar-refractivity contribution < 1.29 is 75.1 Å². The maximum absolute atomic E-state index is 11.0. The first-order valence-electron chi connectivity index (χ1n) is 52.8. The molecular formula is C87H78N4OSi. The van der Waals surface area contributed by atoms with E-state index >= 15 is 0 Å². The lowest BCUT2D eigenvalue weighted by atomic mass is 9.63. The number of rotatable bonds is 12. The molecule has 0 N–H and O–H groups in total. The number of ether oxygens (including phenoxy) is 1. The van der Waals surface area contributed by atoms with E-state index in [0.717, 1.165) is 57.8 Å². The zero-order chi connectivity index (χ0) is 105. The minimum Gasteiger partial charge on any atom is -0.458 e. The van der Waals surface area contributed by atoms with E-state index in [-0.39, 0.29) is 45.2 Å². The number of fused-ring (bicyclic) bond motifs is 5. The Morgan fingerprint density at radius 3 is 1.85 bits per heavy atom. The average molecular weight is 1270 g/mol. The highest BCUT2D eigenvalue weighted by molar-refractivity contribution is 7.20. The lowest BCUT2D eigenvalue weighted by Crippen LogP contribution is -2.76. The van der Waals surface area contributed by atoms with Crippen molar-refractivity contribution in [3.8, 4) is 62.1 Å². The largest absolute Gasteiger partial charge is 0.458 e. The number of aryl methyl sites for hydroxylation is 3. The zero-order valence-electron chi connectivity index (χ0n) is 97.3. The monoisotopic (exact) mass is 1270 g/mol. The van der Waals surface area contributed by atoms with Gasteiger partial charge in [-0.05, 0) is 180 Å². The second-order valence-electron chi connectivity index (χ2n) is 23.1. The van der Waals surface area contributed by atoms with E-state index in [1.165, 1.54) is 69.3 Å². The van der Waals surface area contributed by atoms with Crippen LogP contribution in [0.2, 0.25) is 0 Å². The molecule has 6 heteroatoms. The van der Waals surface area contributed by atoms with Crippen molar-refractivity contribution in [3.63, 3.8) is 0 Å². The zero-order valence-corrected chi connectivity index (χ0v) is 50.3. The van der Waals surface area contributed by atoms with Crippen molar-refractivity contribution in [2.24, 2.45) is 0 Å². The van der Waals surface area contributed by atoms with Crippen molar-refractivity contribution >= 4 is 61.7 Å². The molecule has 0 saturated heterocycles. The average Bonchev–Trinajstić information content (AvgIpc) is 1.14. The van der Waals surface area contributed by atoms with Gasteiger partial charge in [0.15, 0.2) is 8.07 Å². The second kappa shape index (κ2) is 22.9. The van der Waals surface area contributed by atoms with Gasteiger partial charge in [-0.1, -0.05) is 254 Å². The van der Waals surface area contributed by atoms with E-state index in [9.17, 15) is 42.5 Å². The summed E-state index contributed by atoms with van der Waals surface area (Å²) in [5.41, 5.74) is -23.2. The van der Waals surface area contributed by atoms with Crippen molar-refractivity contribution in [3.05, 3.63) is 306 Å². The van der Waals surface area contributed by atoms with Crippen LogP contribution in [-0.2, 0) is 16.2 Å². The summed E-state index contributed by atoms with van der Waals surface area (Å²) in [5, 5.41) is -3.75. The molecule has 3 aromatic heterocycles. The summed E-state index contributed by atoms with van der Waals surface area (Å²) in [6.07, 6.45) is -5.74. The molecule has 0 aliphatic heterocycles. The van der Waals surface area contributed by atoms with Gasteiger partial charge in [0.2, 0.25) is 0 Å². The Labute approximate surface area is 616 Å². The minimum atomic E-state index is -6.99. The third-order valence-electron chi connectivity index (χ3n) is 16.4. The smallest absolute Gasteiger partial charge is 0.269 e. The highest BCUT2D eigenvalue weighted by atomic mass is 28.3. The molecule has 15 rings (SSSR count). The molecule has 0 radical (unpaired) electrons. The summed E-state index contributed by atoms with van der Waals surface area (Å²) >= 11 is 0. The second-order valence-corrected chi connectivity index (χ2v) is 26.6. The van der Waals surface area contributed by atoms with Crippen LogP contribution in [-0.4, -0.2) is 22.2 Å². The van der Waals surface area contributed by atoms with Crippen LogP contribution >= 0.6 is 0 Å². The number of imidazole rings is 1. The third kappa shape index (κ3) is 10.2. The van der Waals surface area contributed by atoms with Gasteiger partial charge in [-0.15, -0.1) is 0 Å². The molecule has 93 heavy (non-hydrogen) atoms. The Morgan fingerprint density at radius 2 is 1.18 bits per heavy atom. The standard InChI is InChI=1S/C87H78N4OSi/c1-58-27-25-28-59(2)83(58)63-42-46-78-80(51-63)89(65-31-26-32-66(54-65)92-67-43-44-72-71-39-23-24-40-77(71)91(79(72)55-67)82-49-60(3)74(56-88-82)61-29-15-11-16-30-61)57-90(78)84-73(62-41-45-75-76(50-62)87(9,10)48-47-86(75,7)8)52-64(85(4,5)6)53-81(84)93(68-33-17-12-18-34-68,69-35-19-13-20-36-69)70-37-21-14-22-38-70/h11-46,49-56H,47-48H2,1-10H3/i1D3,2D3,3D3,7D3,8D3,9D3,10D3,11D,12D,13D,14D,15D,16D,17D,18D,19D,20D,21D,22D,29D,30D,33D,34D,35D,36D,37D,38D,41D,45D,47D2,48D2,50D. The summed E-state index contributed by atoms with van der Waals surface area (Å²) in [4.78, 5) is 4.67. The van der Waals surface area contributed by atoms with Crippen molar-refractivity contribution in [2.75, 3.05) is 0 Å². The summed E-state index contributed by atoms with van der Waals surface area (Å²) < 4.78 is 464. The predicted molar refractivity (Wildman–Crippen MR) is 390 cm³/mol. The number of nitrogens with zero attached hydrogens (tertiary/aromatic N) is 4. The van der Waals surface area contributed by atoms with Crippen LogP contribution in [0.25, 0.3) is 83.4 Å². The minimum absolute atomic E-state index is 0.0356. The van der Waals surface area contributed by atoms with Gasteiger partial charge in [0.25, 0.3) is 6.33 Å². The lowest BCUT2D eigenvalue weighted by molar-refractivity contribution is -0.570. The van der Waals surface area contributed by atoms with E-state index in [2.05, 4.69) is 11.3 Å². The fourth-order valence-electron chi connectivity index (χ4n) is 12.0. The van der Waals surface area contributed by atoms with Crippen LogP contribution in [0.15, 0.2) is 266 Å². The molecule has 0 amide bonds. The normalized spacial score (nSPS) is 23.3. The number of aromatic nitrogens is 4. The Hall–Kier alpha value is -10.1. The SMILES string of the molecule is [2H]c1c([2H])c([2H])c(-c2cnc(-n3c4ccccc4c4ccc(Oc5cccc(-n6[c-][n+](-c7c(-c8c([2H])c([2H])c9c(c8[2H])C(C([2H])([2H])[2H])(C([2H])([2H])[2H])C([2H])([2H])C([2H])([2H])C9(C([2H])([2H])[2H])C([2H])([2H])[2H])cc(C(C)(C)C)cc7[Si](c7c([2H])c([2H])c([2H])c([2H])c7[2H])(c7c([2H])c([2H])c([2H])c([2H])c7[2H])c7c([2H])c([2H])c([2H])c([2H])c7[2H])c7ccc(-c8c(C([2H])([2H])[2H])cccc8C([2H])([2H])[2H])cc76)c5)cc43)cc2C([2H])([2H])[2H])c([2H])c1[2H]. The van der Waals surface area contributed by atoms with Crippen LogP contribution in [0.4, 0.5) is 0 Å². The molecule has 0 unspecified atom stereocenters. The van der Waals surface area contributed by atoms with Gasteiger partial charge in [0.1, 0.15) is 17.3 Å². The molecule has 0 saturated carbocycles. The molecule has 1 aliphatic rings. The number of para-hydroxylation sites is 1. The van der Waals surface area contributed by atoms with Gasteiger partial charge in [0, 0.05) is 62.9 Å². The van der Waals surface area contributed by atoms with Gasteiger partial charge >= 0.3 is 0 Å². The molecule has 11 aromatic carbocycles. The maximum Gasteiger partial charge on any atom is 0.269 e. The maximum atomic E-state index is 11.0. The molecule has 3 heterocycles. The van der Waals surface area contributed by atoms with E-state index in [1.807, 2.05) is 0 Å². The van der Waals surface area contributed by atoms with E-state index in [4.69, 9.17) is 28.0 Å². The Kier molecular flexibility index (Phi) is 6.52. The molecular weight excluding hydrogens is 1150 g/mol. The van der Waals surface area contributed by atoms with E-state index in [1.54, 1.807) is 34.9 Å². The van der Waals surface area contributed by atoms with Gasteiger partial charge in [-0.25, -0.2) is 4.98 Å². The Bertz CT molecular complexity index is 7350. The topological polar surface area (TPSA) is 35.9 Å². The third-order valence-corrected chi connectivity index (χ3v) is 20.5. The van der Waals surface area contributed by atoms with Crippen LogP contribution < -0.4 is 30.1 Å². The molecule has 1 aliphatic carbocycles. The molecule has 0 atom stereocenters.